The van der Waals surface area contributed by atoms with Crippen molar-refractivity contribution in [3.63, 3.8) is 0 Å². The van der Waals surface area contributed by atoms with Gasteiger partial charge in [0.05, 0.1) is 11.4 Å². The number of benzene rings is 1. The van der Waals surface area contributed by atoms with E-state index in [0.29, 0.717) is 5.13 Å². The van der Waals surface area contributed by atoms with Crippen molar-refractivity contribution in [3.05, 3.63) is 33.2 Å². The van der Waals surface area contributed by atoms with E-state index in [9.17, 15) is 8.42 Å². The van der Waals surface area contributed by atoms with Crippen LogP contribution in [0, 0.1) is 6.92 Å². The number of aryl methyl sites for hydroxylation is 2. The van der Waals surface area contributed by atoms with Gasteiger partial charge in [0.1, 0.15) is 4.90 Å². The predicted octanol–water partition coefficient (Wildman–Crippen LogP) is 3.16. The van der Waals surface area contributed by atoms with Crippen LogP contribution in [0.3, 0.4) is 0 Å². The lowest BCUT2D eigenvalue weighted by Gasteiger charge is -2.08. The molecule has 0 aliphatic rings. The minimum Gasteiger partial charge on any atom is -0.398 e. The molecule has 20 heavy (non-hydrogen) atoms. The van der Waals surface area contributed by atoms with Crippen LogP contribution in [0.2, 0.25) is 0 Å². The Morgan fingerprint density at radius 2 is 2.15 bits per heavy atom. The molecular formula is C12H14BrN3O2S2. The molecule has 5 nitrogen and oxygen atoms in total. The van der Waals surface area contributed by atoms with Gasteiger partial charge in [-0.15, -0.1) is 11.3 Å². The highest BCUT2D eigenvalue weighted by molar-refractivity contribution is 9.10. The van der Waals surface area contributed by atoms with Gasteiger partial charge in [-0.05, 0) is 31.5 Å². The van der Waals surface area contributed by atoms with E-state index in [-0.39, 0.29) is 10.6 Å². The number of hydrogen-bond donors (Lipinski definition) is 2. The van der Waals surface area contributed by atoms with Crippen molar-refractivity contribution in [1.29, 1.82) is 0 Å². The van der Waals surface area contributed by atoms with Crippen LogP contribution in [0.4, 0.5) is 10.8 Å². The predicted molar refractivity (Wildman–Crippen MR) is 85.6 cm³/mol. The van der Waals surface area contributed by atoms with Gasteiger partial charge in [-0.3, -0.25) is 4.72 Å². The molecule has 0 amide bonds. The molecule has 3 N–H and O–H groups in total. The van der Waals surface area contributed by atoms with Crippen LogP contribution in [0.5, 0.6) is 0 Å². The molecule has 0 fully saturated rings. The van der Waals surface area contributed by atoms with E-state index in [4.69, 9.17) is 5.73 Å². The third kappa shape index (κ3) is 3.13. The number of rotatable bonds is 4. The first-order chi connectivity index (χ1) is 9.33. The van der Waals surface area contributed by atoms with Gasteiger partial charge in [-0.25, -0.2) is 13.4 Å². The lowest BCUT2D eigenvalue weighted by atomic mass is 10.3. The largest absolute Gasteiger partial charge is 0.398 e. The van der Waals surface area contributed by atoms with Crippen LogP contribution in [-0.2, 0) is 16.4 Å². The second-order valence-electron chi connectivity index (χ2n) is 4.16. The second-order valence-corrected chi connectivity index (χ2v) is 7.93. The maximum atomic E-state index is 12.3. The number of thiazole rings is 1. The van der Waals surface area contributed by atoms with Crippen LogP contribution >= 0.6 is 27.3 Å². The summed E-state index contributed by atoms with van der Waals surface area (Å²) in [5.74, 6) is 0. The molecule has 0 radical (unpaired) electrons. The number of nitrogens with zero attached hydrogens (tertiary/aromatic N) is 1. The van der Waals surface area contributed by atoms with Gasteiger partial charge < -0.3 is 5.73 Å². The summed E-state index contributed by atoms with van der Waals surface area (Å²) < 4.78 is 27.8. The zero-order valence-corrected chi connectivity index (χ0v) is 14.2. The van der Waals surface area contributed by atoms with Crippen molar-refractivity contribution in [3.8, 4) is 0 Å². The maximum absolute atomic E-state index is 12.3. The second kappa shape index (κ2) is 5.71. The van der Waals surface area contributed by atoms with E-state index in [0.717, 1.165) is 21.5 Å². The third-order valence-electron chi connectivity index (χ3n) is 2.71. The Morgan fingerprint density at radius 1 is 1.45 bits per heavy atom. The topological polar surface area (TPSA) is 85.1 Å². The summed E-state index contributed by atoms with van der Waals surface area (Å²) in [6.45, 7) is 3.90. The summed E-state index contributed by atoms with van der Waals surface area (Å²) in [5, 5.41) is 0.363. The summed E-state index contributed by atoms with van der Waals surface area (Å²) in [5.41, 5.74) is 6.85. The van der Waals surface area contributed by atoms with Crippen molar-refractivity contribution in [2.75, 3.05) is 10.5 Å². The Bertz CT molecular complexity index is 741. The summed E-state index contributed by atoms with van der Waals surface area (Å²) in [7, 11) is -3.72. The number of aromatic nitrogens is 1. The molecule has 0 saturated heterocycles. The van der Waals surface area contributed by atoms with E-state index in [1.807, 2.05) is 13.8 Å². The SMILES string of the molecule is CCc1nc(NS(=O)(=O)c2ccc(Br)cc2N)sc1C. The van der Waals surface area contributed by atoms with E-state index in [2.05, 4.69) is 25.6 Å². The summed E-state index contributed by atoms with van der Waals surface area (Å²) in [6, 6.07) is 4.65. The van der Waals surface area contributed by atoms with Gasteiger partial charge in [-0.1, -0.05) is 22.9 Å². The molecule has 8 heteroatoms. The summed E-state index contributed by atoms with van der Waals surface area (Å²) >= 11 is 4.56. The van der Waals surface area contributed by atoms with Gasteiger partial charge in [0.15, 0.2) is 5.13 Å². The fourth-order valence-electron chi connectivity index (χ4n) is 1.73. The monoisotopic (exact) mass is 375 g/mol. The number of sulfonamides is 1. The molecule has 1 aromatic heterocycles. The van der Waals surface area contributed by atoms with Crippen molar-refractivity contribution >= 4 is 48.1 Å². The first-order valence-corrected chi connectivity index (χ1v) is 8.97. The quantitative estimate of drug-likeness (QED) is 0.803. The van der Waals surface area contributed by atoms with E-state index in [1.165, 1.54) is 17.4 Å². The van der Waals surface area contributed by atoms with Gasteiger partial charge in [0.25, 0.3) is 10.0 Å². The molecule has 0 aliphatic heterocycles. The fourth-order valence-corrected chi connectivity index (χ4v) is 4.36. The van der Waals surface area contributed by atoms with Crippen molar-refractivity contribution in [1.82, 2.24) is 4.98 Å². The van der Waals surface area contributed by atoms with Crippen LogP contribution in [0.1, 0.15) is 17.5 Å². The minimum absolute atomic E-state index is 0.0478. The molecule has 0 aliphatic carbocycles. The van der Waals surface area contributed by atoms with Gasteiger partial charge in [-0.2, -0.15) is 0 Å². The molecule has 0 bridgehead atoms. The number of nitrogen functional groups attached to an aromatic ring is 1. The Balaban J connectivity index is 2.35. The highest BCUT2D eigenvalue weighted by atomic mass is 79.9. The fraction of sp³-hybridized carbons (Fsp3) is 0.250. The summed E-state index contributed by atoms with van der Waals surface area (Å²) in [6.07, 6.45) is 0.768. The molecule has 108 valence electrons. The first kappa shape index (κ1) is 15.3. The van der Waals surface area contributed by atoms with Crippen LogP contribution in [-0.4, -0.2) is 13.4 Å². The highest BCUT2D eigenvalue weighted by Crippen LogP contribution is 2.28. The van der Waals surface area contributed by atoms with E-state index >= 15 is 0 Å². The number of hydrogen-bond acceptors (Lipinski definition) is 5. The van der Waals surface area contributed by atoms with Crippen molar-refractivity contribution in [2.45, 2.75) is 25.2 Å². The molecular weight excluding hydrogens is 362 g/mol. The Morgan fingerprint density at radius 3 is 2.70 bits per heavy atom. The average molecular weight is 376 g/mol. The van der Waals surface area contributed by atoms with Crippen LogP contribution in [0.25, 0.3) is 0 Å². The first-order valence-electron chi connectivity index (χ1n) is 5.87. The Hall–Kier alpha value is -1.12. The van der Waals surface area contributed by atoms with Crippen molar-refractivity contribution < 1.29 is 8.42 Å². The smallest absolute Gasteiger partial charge is 0.265 e. The van der Waals surface area contributed by atoms with Gasteiger partial charge >= 0.3 is 0 Å². The lowest BCUT2D eigenvalue weighted by Crippen LogP contribution is -2.14. The maximum Gasteiger partial charge on any atom is 0.265 e. The van der Waals surface area contributed by atoms with Gasteiger partial charge in [0.2, 0.25) is 0 Å². The number of nitrogens with one attached hydrogen (secondary N) is 1. The molecule has 1 heterocycles. The summed E-state index contributed by atoms with van der Waals surface area (Å²) in [4.78, 5) is 5.32. The molecule has 0 atom stereocenters. The minimum atomic E-state index is -3.72. The Labute approximate surface area is 130 Å². The molecule has 2 rings (SSSR count). The molecule has 0 spiro atoms. The third-order valence-corrected chi connectivity index (χ3v) is 5.67. The molecule has 0 saturated carbocycles. The average Bonchev–Trinajstić information content (AvgIpc) is 2.67. The molecule has 2 aromatic rings. The Kier molecular flexibility index (Phi) is 4.36. The van der Waals surface area contributed by atoms with E-state index in [1.54, 1.807) is 12.1 Å². The standard InChI is InChI=1S/C12H14BrN3O2S2/c1-3-10-7(2)19-12(15-10)16-20(17,18)11-5-4-8(13)6-9(11)14/h4-6H,3,14H2,1-2H3,(H,15,16). The van der Waals surface area contributed by atoms with Crippen molar-refractivity contribution in [2.24, 2.45) is 0 Å². The van der Waals surface area contributed by atoms with Gasteiger partial charge in [0, 0.05) is 9.35 Å². The zero-order chi connectivity index (χ0) is 14.9. The van der Waals surface area contributed by atoms with Crippen LogP contribution in [0.15, 0.2) is 27.6 Å². The lowest BCUT2D eigenvalue weighted by molar-refractivity contribution is 0.601. The van der Waals surface area contributed by atoms with E-state index < -0.39 is 10.0 Å². The number of halogens is 1. The normalized spacial score (nSPS) is 11.6. The number of nitrogens with two attached hydrogens (primary N) is 1. The molecule has 1 aromatic carbocycles. The number of anilines is 2. The highest BCUT2D eigenvalue weighted by Gasteiger charge is 2.19. The van der Waals surface area contributed by atoms with Crippen LogP contribution < -0.4 is 10.5 Å². The molecule has 0 unspecified atom stereocenters. The zero-order valence-electron chi connectivity index (χ0n) is 11.0.